The van der Waals surface area contributed by atoms with E-state index in [0.29, 0.717) is 31.5 Å². The Morgan fingerprint density at radius 1 is 1.36 bits per heavy atom. The summed E-state index contributed by atoms with van der Waals surface area (Å²) in [6.45, 7) is 3.37. The lowest BCUT2D eigenvalue weighted by atomic mass is 10.1. The van der Waals surface area contributed by atoms with E-state index < -0.39 is 5.97 Å². The standard InChI is InChI=1S/C14H20N4O4/c1-21-12-2-15-14(16-3-12)18-5-10-4-17(7-13(19)20)11(6-18)9-22-8-10/h2-3,10-11H,4-9H2,1H3,(H,19,20)/t10-,11+/m1/s1. The second-order valence-corrected chi connectivity index (χ2v) is 5.71. The first-order chi connectivity index (χ1) is 10.7. The van der Waals surface area contributed by atoms with Gasteiger partial charge in [-0.15, -0.1) is 0 Å². The first kappa shape index (κ1) is 15.0. The molecule has 2 atom stereocenters. The molecule has 0 aliphatic carbocycles. The highest BCUT2D eigenvalue weighted by molar-refractivity contribution is 5.69. The van der Waals surface area contributed by atoms with Crippen molar-refractivity contribution in [1.82, 2.24) is 14.9 Å². The van der Waals surface area contributed by atoms with Crippen LogP contribution in [-0.4, -0.2) is 78.5 Å². The summed E-state index contributed by atoms with van der Waals surface area (Å²) < 4.78 is 10.8. The van der Waals surface area contributed by atoms with E-state index in [1.54, 1.807) is 19.5 Å². The van der Waals surface area contributed by atoms with Crippen LogP contribution in [-0.2, 0) is 9.53 Å². The molecule has 8 heteroatoms. The molecule has 22 heavy (non-hydrogen) atoms. The van der Waals surface area contributed by atoms with Gasteiger partial charge in [0.05, 0.1) is 45.3 Å². The highest BCUT2D eigenvalue weighted by Crippen LogP contribution is 2.22. The van der Waals surface area contributed by atoms with Gasteiger partial charge in [0, 0.05) is 25.6 Å². The Kier molecular flexibility index (Phi) is 4.39. The lowest BCUT2D eigenvalue weighted by molar-refractivity contribution is -0.138. The van der Waals surface area contributed by atoms with Crippen molar-refractivity contribution in [2.24, 2.45) is 5.92 Å². The molecule has 2 aliphatic heterocycles. The van der Waals surface area contributed by atoms with Gasteiger partial charge in [-0.25, -0.2) is 9.97 Å². The summed E-state index contributed by atoms with van der Waals surface area (Å²) in [5, 5.41) is 9.08. The second-order valence-electron chi connectivity index (χ2n) is 5.71. The number of ether oxygens (including phenoxy) is 2. The van der Waals surface area contributed by atoms with Crippen LogP contribution in [0.15, 0.2) is 12.4 Å². The van der Waals surface area contributed by atoms with Crippen LogP contribution in [0.5, 0.6) is 5.75 Å². The molecule has 1 aromatic rings. The third-order valence-corrected chi connectivity index (χ3v) is 4.05. The van der Waals surface area contributed by atoms with Crippen molar-refractivity contribution in [2.45, 2.75) is 6.04 Å². The lowest BCUT2D eigenvalue weighted by Crippen LogP contribution is -2.46. The summed E-state index contributed by atoms with van der Waals surface area (Å²) in [7, 11) is 1.58. The van der Waals surface area contributed by atoms with Gasteiger partial charge in [-0.1, -0.05) is 0 Å². The highest BCUT2D eigenvalue weighted by Gasteiger charge is 2.34. The van der Waals surface area contributed by atoms with E-state index in [0.717, 1.165) is 13.1 Å². The Balaban J connectivity index is 1.78. The zero-order chi connectivity index (χ0) is 15.5. The number of rotatable bonds is 4. The number of hydrogen-bond acceptors (Lipinski definition) is 7. The van der Waals surface area contributed by atoms with Gasteiger partial charge in [0.15, 0.2) is 5.75 Å². The largest absolute Gasteiger partial charge is 0.494 e. The number of anilines is 1. The molecule has 0 amide bonds. The van der Waals surface area contributed by atoms with Crippen LogP contribution in [0.4, 0.5) is 5.95 Å². The quantitative estimate of drug-likeness (QED) is 0.811. The second kappa shape index (κ2) is 6.45. The zero-order valence-electron chi connectivity index (χ0n) is 12.5. The molecule has 8 nitrogen and oxygen atoms in total. The van der Waals surface area contributed by atoms with Crippen molar-refractivity contribution in [3.8, 4) is 5.75 Å². The fourth-order valence-corrected chi connectivity index (χ4v) is 3.04. The van der Waals surface area contributed by atoms with Crippen LogP contribution in [0.3, 0.4) is 0 Å². The third-order valence-electron chi connectivity index (χ3n) is 4.05. The molecule has 0 unspecified atom stereocenters. The van der Waals surface area contributed by atoms with Gasteiger partial charge in [0.25, 0.3) is 0 Å². The van der Waals surface area contributed by atoms with Crippen LogP contribution in [0.1, 0.15) is 0 Å². The predicted octanol–water partition coefficient (Wildman–Crippen LogP) is -0.293. The lowest BCUT2D eigenvalue weighted by Gasteiger charge is -2.30. The maximum absolute atomic E-state index is 11.1. The molecule has 2 fully saturated rings. The number of carboxylic acids is 1. The Hall–Kier alpha value is -1.93. The minimum Gasteiger partial charge on any atom is -0.494 e. The minimum absolute atomic E-state index is 0.0364. The molecule has 2 aliphatic rings. The minimum atomic E-state index is -0.806. The summed E-state index contributed by atoms with van der Waals surface area (Å²) in [6.07, 6.45) is 3.29. The maximum atomic E-state index is 11.1. The van der Waals surface area contributed by atoms with Crippen molar-refractivity contribution in [3.63, 3.8) is 0 Å². The normalized spacial score (nSPS) is 25.6. The molecule has 0 radical (unpaired) electrons. The number of aromatic nitrogens is 2. The first-order valence-electron chi connectivity index (χ1n) is 7.30. The fourth-order valence-electron chi connectivity index (χ4n) is 3.04. The van der Waals surface area contributed by atoms with Crippen LogP contribution >= 0.6 is 0 Å². The molecule has 0 aromatic carbocycles. The van der Waals surface area contributed by atoms with E-state index in [1.165, 1.54) is 0 Å². The van der Waals surface area contributed by atoms with Gasteiger partial charge in [-0.3, -0.25) is 9.69 Å². The van der Waals surface area contributed by atoms with E-state index in [2.05, 4.69) is 14.9 Å². The molecule has 0 spiro atoms. The molecular formula is C14H20N4O4. The Morgan fingerprint density at radius 3 is 2.82 bits per heavy atom. The van der Waals surface area contributed by atoms with Crippen LogP contribution in [0, 0.1) is 5.92 Å². The van der Waals surface area contributed by atoms with Gasteiger partial charge < -0.3 is 19.5 Å². The number of hydrogen-bond donors (Lipinski definition) is 1. The zero-order valence-corrected chi connectivity index (χ0v) is 12.5. The van der Waals surface area contributed by atoms with Crippen molar-refractivity contribution in [3.05, 3.63) is 12.4 Å². The van der Waals surface area contributed by atoms with Gasteiger partial charge in [0.2, 0.25) is 5.95 Å². The number of aliphatic carboxylic acids is 1. The van der Waals surface area contributed by atoms with Gasteiger partial charge in [-0.2, -0.15) is 0 Å². The molecule has 1 aromatic heterocycles. The predicted molar refractivity (Wildman–Crippen MR) is 78.1 cm³/mol. The van der Waals surface area contributed by atoms with Gasteiger partial charge in [-0.05, 0) is 0 Å². The van der Waals surface area contributed by atoms with Crippen molar-refractivity contribution in [1.29, 1.82) is 0 Å². The monoisotopic (exact) mass is 308 g/mol. The topological polar surface area (TPSA) is 88.0 Å². The number of carbonyl (C=O) groups is 1. The van der Waals surface area contributed by atoms with Crippen LogP contribution in [0.25, 0.3) is 0 Å². The number of methoxy groups -OCH3 is 1. The summed E-state index contributed by atoms with van der Waals surface area (Å²) >= 11 is 0. The fraction of sp³-hybridized carbons (Fsp3) is 0.643. The van der Waals surface area contributed by atoms with Gasteiger partial charge >= 0.3 is 5.97 Å². The van der Waals surface area contributed by atoms with Crippen molar-refractivity contribution >= 4 is 11.9 Å². The summed E-state index contributed by atoms with van der Waals surface area (Å²) in [4.78, 5) is 23.8. The number of fused-ring (bicyclic) bond motifs is 3. The van der Waals surface area contributed by atoms with E-state index in [-0.39, 0.29) is 18.5 Å². The SMILES string of the molecule is COc1cnc(N2C[C@@H]3COC[C@H](C2)N(CC(=O)O)C3)nc1. The van der Waals surface area contributed by atoms with Crippen molar-refractivity contribution < 1.29 is 19.4 Å². The average molecular weight is 308 g/mol. The van der Waals surface area contributed by atoms with E-state index in [1.807, 2.05) is 4.90 Å². The molecule has 3 heterocycles. The average Bonchev–Trinajstić information content (AvgIpc) is 2.76. The summed E-state index contributed by atoms with van der Waals surface area (Å²) in [5.41, 5.74) is 0. The Morgan fingerprint density at radius 2 is 2.14 bits per heavy atom. The summed E-state index contributed by atoms with van der Waals surface area (Å²) in [5.74, 6) is 0.710. The smallest absolute Gasteiger partial charge is 0.317 e. The maximum Gasteiger partial charge on any atom is 0.317 e. The van der Waals surface area contributed by atoms with Crippen LogP contribution < -0.4 is 9.64 Å². The molecule has 0 saturated carbocycles. The van der Waals surface area contributed by atoms with Crippen molar-refractivity contribution in [2.75, 3.05) is 51.4 Å². The molecular weight excluding hydrogens is 288 g/mol. The number of carboxylic acid groups (broad SMARTS) is 1. The van der Waals surface area contributed by atoms with Gasteiger partial charge in [0.1, 0.15) is 0 Å². The molecule has 3 rings (SSSR count). The van der Waals surface area contributed by atoms with Crippen LogP contribution in [0.2, 0.25) is 0 Å². The molecule has 1 N–H and O–H groups in total. The third kappa shape index (κ3) is 3.28. The summed E-state index contributed by atoms with van der Waals surface area (Å²) in [6, 6.07) is 0.0364. The molecule has 120 valence electrons. The molecule has 2 bridgehead atoms. The number of nitrogens with zero attached hydrogens (tertiary/aromatic N) is 4. The van der Waals surface area contributed by atoms with E-state index in [9.17, 15) is 4.79 Å². The molecule has 2 saturated heterocycles. The Bertz CT molecular complexity index is 524. The highest BCUT2D eigenvalue weighted by atomic mass is 16.5. The van der Waals surface area contributed by atoms with E-state index in [4.69, 9.17) is 14.6 Å². The first-order valence-corrected chi connectivity index (χ1v) is 7.30. The van der Waals surface area contributed by atoms with E-state index >= 15 is 0 Å². The Labute approximate surface area is 128 Å².